The van der Waals surface area contributed by atoms with Gasteiger partial charge < -0.3 is 4.74 Å². The zero-order chi connectivity index (χ0) is 10.8. The Morgan fingerprint density at radius 3 is 2.40 bits per heavy atom. The van der Waals surface area contributed by atoms with Gasteiger partial charge in [-0.15, -0.1) is 0 Å². The standard InChI is InChI=1S/C11H7NO3/c12-5-7-1-3-8(4-2-7)10-9(13)6-15-11(10)14/h1-4,10H,6H2. The quantitative estimate of drug-likeness (QED) is 0.497. The number of nitrogens with zero attached hydrogens (tertiary/aromatic N) is 1. The maximum Gasteiger partial charge on any atom is 0.321 e. The van der Waals surface area contributed by atoms with Gasteiger partial charge in [0.15, 0.2) is 12.4 Å². The van der Waals surface area contributed by atoms with Crippen LogP contribution in [0.15, 0.2) is 24.3 Å². The Hall–Kier alpha value is -2.15. The molecule has 4 heteroatoms. The van der Waals surface area contributed by atoms with Crippen molar-refractivity contribution in [3.8, 4) is 6.07 Å². The van der Waals surface area contributed by atoms with Crippen molar-refractivity contribution < 1.29 is 14.3 Å². The number of hydrogen-bond donors (Lipinski definition) is 0. The molecule has 0 saturated carbocycles. The van der Waals surface area contributed by atoms with Gasteiger partial charge >= 0.3 is 5.97 Å². The molecule has 1 saturated heterocycles. The highest BCUT2D eigenvalue weighted by Gasteiger charge is 2.36. The number of hydrogen-bond acceptors (Lipinski definition) is 4. The van der Waals surface area contributed by atoms with Crippen molar-refractivity contribution in [2.75, 3.05) is 6.61 Å². The molecule has 1 aromatic rings. The number of nitriles is 1. The third-order valence-corrected chi connectivity index (χ3v) is 2.29. The number of esters is 1. The number of cyclic esters (lactones) is 1. The van der Waals surface area contributed by atoms with E-state index in [1.807, 2.05) is 6.07 Å². The molecule has 2 rings (SSSR count). The molecule has 1 aliphatic heterocycles. The first kappa shape index (κ1) is 9.41. The Morgan fingerprint density at radius 1 is 1.27 bits per heavy atom. The van der Waals surface area contributed by atoms with E-state index in [1.165, 1.54) is 0 Å². The molecule has 1 unspecified atom stereocenters. The lowest BCUT2D eigenvalue weighted by molar-refractivity contribution is -0.139. The van der Waals surface area contributed by atoms with Crippen molar-refractivity contribution in [2.24, 2.45) is 0 Å². The van der Waals surface area contributed by atoms with Gasteiger partial charge in [0, 0.05) is 0 Å². The second-order valence-corrected chi connectivity index (χ2v) is 3.24. The summed E-state index contributed by atoms with van der Waals surface area (Å²) in [5, 5.41) is 8.59. The summed E-state index contributed by atoms with van der Waals surface area (Å²) in [6.45, 7) is -0.149. The first-order valence-electron chi connectivity index (χ1n) is 4.42. The van der Waals surface area contributed by atoms with Crippen molar-refractivity contribution >= 4 is 11.8 Å². The molecule has 1 atom stereocenters. The molecule has 0 radical (unpaired) electrons. The van der Waals surface area contributed by atoms with Crippen LogP contribution in [0.1, 0.15) is 17.0 Å². The van der Waals surface area contributed by atoms with Crippen LogP contribution >= 0.6 is 0 Å². The zero-order valence-corrected chi connectivity index (χ0v) is 7.77. The maximum absolute atomic E-state index is 11.3. The number of rotatable bonds is 1. The Morgan fingerprint density at radius 2 is 1.93 bits per heavy atom. The van der Waals surface area contributed by atoms with Crippen molar-refractivity contribution in [1.82, 2.24) is 0 Å². The SMILES string of the molecule is N#Cc1ccc(C2C(=O)COC2=O)cc1. The summed E-state index contributed by atoms with van der Waals surface area (Å²) < 4.78 is 4.64. The van der Waals surface area contributed by atoms with Crippen LogP contribution in [0.25, 0.3) is 0 Å². The van der Waals surface area contributed by atoms with Gasteiger partial charge in [-0.25, -0.2) is 0 Å². The van der Waals surface area contributed by atoms with Gasteiger partial charge in [-0.1, -0.05) is 12.1 Å². The molecular weight excluding hydrogens is 194 g/mol. The average molecular weight is 201 g/mol. The van der Waals surface area contributed by atoms with Crippen LogP contribution in [-0.2, 0) is 14.3 Å². The fourth-order valence-electron chi connectivity index (χ4n) is 1.51. The fourth-order valence-corrected chi connectivity index (χ4v) is 1.51. The van der Waals surface area contributed by atoms with E-state index in [1.54, 1.807) is 24.3 Å². The predicted molar refractivity (Wildman–Crippen MR) is 49.9 cm³/mol. The molecule has 1 heterocycles. The summed E-state index contributed by atoms with van der Waals surface area (Å²) in [7, 11) is 0. The van der Waals surface area contributed by atoms with Gasteiger partial charge in [-0.2, -0.15) is 5.26 Å². The van der Waals surface area contributed by atoms with Crippen molar-refractivity contribution in [3.63, 3.8) is 0 Å². The molecule has 0 amide bonds. The highest BCUT2D eigenvalue weighted by molar-refractivity contribution is 6.09. The molecule has 0 N–H and O–H groups in total. The number of benzene rings is 1. The first-order valence-corrected chi connectivity index (χ1v) is 4.42. The molecule has 15 heavy (non-hydrogen) atoms. The van der Waals surface area contributed by atoms with Crippen molar-refractivity contribution in [1.29, 1.82) is 5.26 Å². The molecule has 1 fully saturated rings. The lowest BCUT2D eigenvalue weighted by Crippen LogP contribution is -2.12. The lowest BCUT2D eigenvalue weighted by atomic mass is 9.96. The molecule has 0 bridgehead atoms. The lowest BCUT2D eigenvalue weighted by Gasteiger charge is -2.03. The predicted octanol–water partition coefficient (Wildman–Crippen LogP) is 0.768. The molecule has 1 aliphatic rings. The molecule has 4 nitrogen and oxygen atoms in total. The summed E-state index contributed by atoms with van der Waals surface area (Å²) in [4.78, 5) is 22.6. The molecular formula is C11H7NO3. The summed E-state index contributed by atoms with van der Waals surface area (Å²) in [6, 6.07) is 8.33. The van der Waals surface area contributed by atoms with Gasteiger partial charge in [0.1, 0.15) is 5.92 Å². The van der Waals surface area contributed by atoms with Crippen LogP contribution in [-0.4, -0.2) is 18.4 Å². The van der Waals surface area contributed by atoms with E-state index in [2.05, 4.69) is 4.74 Å². The largest absolute Gasteiger partial charge is 0.457 e. The van der Waals surface area contributed by atoms with Crippen molar-refractivity contribution in [2.45, 2.75) is 5.92 Å². The van der Waals surface area contributed by atoms with E-state index >= 15 is 0 Å². The number of carbonyl (C=O) groups excluding carboxylic acids is 2. The number of ether oxygens (including phenoxy) is 1. The summed E-state index contributed by atoms with van der Waals surface area (Å²) >= 11 is 0. The van der Waals surface area contributed by atoms with Gasteiger partial charge in [-0.3, -0.25) is 9.59 Å². The Bertz CT molecular complexity index is 440. The minimum absolute atomic E-state index is 0.149. The second kappa shape index (κ2) is 3.54. The minimum atomic E-state index is -0.808. The summed E-state index contributed by atoms with van der Waals surface area (Å²) in [5.74, 6) is -1.55. The summed E-state index contributed by atoms with van der Waals surface area (Å²) in [5.41, 5.74) is 1.08. The van der Waals surface area contributed by atoms with Crippen molar-refractivity contribution in [3.05, 3.63) is 35.4 Å². The van der Waals surface area contributed by atoms with Crippen LogP contribution in [0.5, 0.6) is 0 Å². The molecule has 74 valence electrons. The van der Waals surface area contributed by atoms with Crippen LogP contribution < -0.4 is 0 Å². The van der Waals surface area contributed by atoms with Crippen LogP contribution in [0.4, 0.5) is 0 Å². The van der Waals surface area contributed by atoms with E-state index in [4.69, 9.17) is 5.26 Å². The number of carbonyl (C=O) groups is 2. The molecule has 0 aliphatic carbocycles. The third kappa shape index (κ3) is 1.59. The highest BCUT2D eigenvalue weighted by Crippen LogP contribution is 2.23. The number of Topliss-reactive ketones (excluding diaryl/α,β-unsaturated/α-hetero) is 1. The first-order chi connectivity index (χ1) is 7.22. The Balaban J connectivity index is 2.34. The van der Waals surface area contributed by atoms with Gasteiger partial charge in [0.2, 0.25) is 0 Å². The third-order valence-electron chi connectivity index (χ3n) is 2.29. The summed E-state index contributed by atoms with van der Waals surface area (Å²) in [6.07, 6.45) is 0. The van der Waals surface area contributed by atoms with E-state index < -0.39 is 11.9 Å². The normalized spacial score (nSPS) is 19.8. The van der Waals surface area contributed by atoms with Gasteiger partial charge in [0.05, 0.1) is 11.6 Å². The average Bonchev–Trinajstić information content (AvgIpc) is 2.59. The topological polar surface area (TPSA) is 67.2 Å². The molecule has 0 aromatic heterocycles. The van der Waals surface area contributed by atoms with Crippen LogP contribution in [0.3, 0.4) is 0 Å². The monoisotopic (exact) mass is 201 g/mol. The van der Waals surface area contributed by atoms with Gasteiger partial charge in [-0.05, 0) is 17.7 Å². The highest BCUT2D eigenvalue weighted by atomic mass is 16.5. The Kier molecular flexibility index (Phi) is 2.22. The second-order valence-electron chi connectivity index (χ2n) is 3.24. The molecule has 1 aromatic carbocycles. The van der Waals surface area contributed by atoms with E-state index in [9.17, 15) is 9.59 Å². The molecule has 0 spiro atoms. The number of ketones is 1. The van der Waals surface area contributed by atoms with Crippen LogP contribution in [0, 0.1) is 11.3 Å². The minimum Gasteiger partial charge on any atom is -0.457 e. The zero-order valence-electron chi connectivity index (χ0n) is 7.77. The van der Waals surface area contributed by atoms with E-state index in [0.717, 1.165) is 0 Å². The van der Waals surface area contributed by atoms with Gasteiger partial charge in [0.25, 0.3) is 0 Å². The maximum atomic E-state index is 11.3. The fraction of sp³-hybridized carbons (Fsp3) is 0.182. The smallest absolute Gasteiger partial charge is 0.321 e. The Labute approximate surface area is 86.1 Å². The van der Waals surface area contributed by atoms with E-state index in [0.29, 0.717) is 11.1 Å². The van der Waals surface area contributed by atoms with Crippen LogP contribution in [0.2, 0.25) is 0 Å². The van der Waals surface area contributed by atoms with E-state index in [-0.39, 0.29) is 12.4 Å².